The molecule has 1 aromatic carbocycles. The minimum atomic E-state index is -0.168. The van der Waals surface area contributed by atoms with Gasteiger partial charge in [-0.15, -0.1) is 17.5 Å². The quantitative estimate of drug-likeness (QED) is 0.896. The Kier molecular flexibility index (Phi) is 5.74. The van der Waals surface area contributed by atoms with Crippen molar-refractivity contribution in [1.29, 1.82) is 0 Å². The number of halogens is 1. The van der Waals surface area contributed by atoms with Crippen LogP contribution >= 0.6 is 12.4 Å². The second-order valence-electron chi connectivity index (χ2n) is 5.93. The van der Waals surface area contributed by atoms with Gasteiger partial charge in [0.15, 0.2) is 5.69 Å². The average molecular weight is 336 g/mol. The fourth-order valence-electron chi connectivity index (χ4n) is 2.62. The van der Waals surface area contributed by atoms with Crippen LogP contribution in [0.4, 0.5) is 0 Å². The Bertz CT molecular complexity index is 655. The first-order valence-electron chi connectivity index (χ1n) is 7.64. The van der Waals surface area contributed by atoms with Crippen LogP contribution < -0.4 is 10.6 Å². The molecule has 0 radical (unpaired) electrons. The summed E-state index contributed by atoms with van der Waals surface area (Å²) in [5.74, 6) is 0.302. The van der Waals surface area contributed by atoms with Crippen molar-refractivity contribution in [2.75, 3.05) is 13.1 Å². The first-order chi connectivity index (χ1) is 10.6. The van der Waals surface area contributed by atoms with Gasteiger partial charge in [-0.1, -0.05) is 29.8 Å². The van der Waals surface area contributed by atoms with Crippen LogP contribution in [0.15, 0.2) is 30.5 Å². The second kappa shape index (κ2) is 7.57. The van der Waals surface area contributed by atoms with E-state index >= 15 is 0 Å². The van der Waals surface area contributed by atoms with E-state index in [0.717, 1.165) is 25.2 Å². The molecule has 7 heteroatoms. The topological polar surface area (TPSA) is 71.8 Å². The molecule has 2 heterocycles. The summed E-state index contributed by atoms with van der Waals surface area (Å²) in [6.07, 6.45) is 2.74. The van der Waals surface area contributed by atoms with E-state index in [4.69, 9.17) is 0 Å². The van der Waals surface area contributed by atoms with Crippen LogP contribution in [-0.4, -0.2) is 40.0 Å². The van der Waals surface area contributed by atoms with Gasteiger partial charge in [0.25, 0.3) is 5.91 Å². The molecular weight excluding hydrogens is 314 g/mol. The molecule has 1 aliphatic heterocycles. The molecule has 23 heavy (non-hydrogen) atoms. The summed E-state index contributed by atoms with van der Waals surface area (Å²) >= 11 is 0. The average Bonchev–Trinajstić information content (AvgIpc) is 3.00. The monoisotopic (exact) mass is 335 g/mol. The number of hydrogen-bond donors (Lipinski definition) is 2. The zero-order valence-electron chi connectivity index (χ0n) is 13.3. The highest BCUT2D eigenvalue weighted by atomic mass is 35.5. The van der Waals surface area contributed by atoms with Crippen molar-refractivity contribution >= 4 is 18.3 Å². The number of amides is 1. The molecule has 0 aliphatic carbocycles. The second-order valence-corrected chi connectivity index (χ2v) is 5.93. The zero-order valence-corrected chi connectivity index (χ0v) is 14.1. The smallest absolute Gasteiger partial charge is 0.273 e. The molecule has 1 aliphatic rings. The molecule has 124 valence electrons. The summed E-state index contributed by atoms with van der Waals surface area (Å²) in [5, 5.41) is 14.4. The summed E-state index contributed by atoms with van der Waals surface area (Å²) in [7, 11) is 0. The summed E-state index contributed by atoms with van der Waals surface area (Å²) in [6.45, 7) is 6.01. The summed E-state index contributed by atoms with van der Waals surface area (Å²) in [6, 6.07) is 8.07. The van der Waals surface area contributed by atoms with E-state index in [0.29, 0.717) is 11.6 Å². The molecule has 3 rings (SSSR count). The lowest BCUT2D eigenvalue weighted by atomic mass is 9.95. The summed E-state index contributed by atoms with van der Waals surface area (Å²) in [4.78, 5) is 12.3. The highest BCUT2D eigenvalue weighted by Gasteiger charge is 2.24. The first kappa shape index (κ1) is 17.4. The molecule has 0 spiro atoms. The van der Waals surface area contributed by atoms with Crippen molar-refractivity contribution in [3.05, 3.63) is 41.7 Å². The number of hydrogen-bond acceptors (Lipinski definition) is 4. The molecule has 2 N–H and O–H groups in total. The lowest BCUT2D eigenvalue weighted by Gasteiger charge is -2.29. The maximum Gasteiger partial charge on any atom is 0.273 e. The summed E-state index contributed by atoms with van der Waals surface area (Å²) < 4.78 is 1.62. The lowest BCUT2D eigenvalue weighted by molar-refractivity contribution is 0.0910. The number of rotatable bonds is 3. The van der Waals surface area contributed by atoms with E-state index < -0.39 is 0 Å². The Morgan fingerprint density at radius 3 is 2.78 bits per heavy atom. The SMILES string of the molecule is Cc1ccc(-n2cc(C(=O)NC3CNCCC3C)nn2)cc1.Cl. The molecule has 1 aromatic heterocycles. The normalized spacial score (nSPS) is 20.6. The lowest BCUT2D eigenvalue weighted by Crippen LogP contribution is -2.50. The van der Waals surface area contributed by atoms with Gasteiger partial charge >= 0.3 is 0 Å². The fourth-order valence-corrected chi connectivity index (χ4v) is 2.62. The molecule has 2 aromatic rings. The van der Waals surface area contributed by atoms with Gasteiger partial charge in [-0.3, -0.25) is 4.79 Å². The third-order valence-electron chi connectivity index (χ3n) is 4.17. The number of nitrogens with one attached hydrogen (secondary N) is 2. The third-order valence-corrected chi connectivity index (χ3v) is 4.17. The molecule has 0 saturated carbocycles. The predicted octanol–water partition coefficient (Wildman–Crippen LogP) is 1.73. The highest BCUT2D eigenvalue weighted by molar-refractivity contribution is 5.92. The van der Waals surface area contributed by atoms with Crippen molar-refractivity contribution in [2.24, 2.45) is 5.92 Å². The van der Waals surface area contributed by atoms with Gasteiger partial charge in [0.2, 0.25) is 0 Å². The molecule has 2 atom stereocenters. The molecule has 1 amide bonds. The Morgan fingerprint density at radius 2 is 2.09 bits per heavy atom. The van der Waals surface area contributed by atoms with Gasteiger partial charge in [0.1, 0.15) is 0 Å². The first-order valence-corrected chi connectivity index (χ1v) is 7.64. The van der Waals surface area contributed by atoms with Crippen LogP contribution in [0.1, 0.15) is 29.4 Å². The molecule has 1 saturated heterocycles. The van der Waals surface area contributed by atoms with Crippen LogP contribution in [0.5, 0.6) is 0 Å². The minimum absolute atomic E-state index is 0. The minimum Gasteiger partial charge on any atom is -0.346 e. The number of carbonyl (C=O) groups excluding carboxylic acids is 1. The maximum atomic E-state index is 12.3. The van der Waals surface area contributed by atoms with Crippen LogP contribution in [0, 0.1) is 12.8 Å². The molecule has 1 fully saturated rings. The van der Waals surface area contributed by atoms with Gasteiger partial charge in [0.05, 0.1) is 11.9 Å². The fraction of sp³-hybridized carbons (Fsp3) is 0.438. The van der Waals surface area contributed by atoms with E-state index in [1.54, 1.807) is 10.9 Å². The van der Waals surface area contributed by atoms with Gasteiger partial charge in [-0.2, -0.15) is 0 Å². The van der Waals surface area contributed by atoms with Crippen LogP contribution in [0.25, 0.3) is 5.69 Å². The van der Waals surface area contributed by atoms with E-state index in [2.05, 4.69) is 27.9 Å². The Balaban J connectivity index is 0.00000192. The van der Waals surface area contributed by atoms with Crippen LogP contribution in [-0.2, 0) is 0 Å². The Morgan fingerprint density at radius 1 is 1.35 bits per heavy atom. The number of carbonyl (C=O) groups is 1. The zero-order chi connectivity index (χ0) is 15.5. The van der Waals surface area contributed by atoms with Gasteiger partial charge in [0, 0.05) is 12.6 Å². The predicted molar refractivity (Wildman–Crippen MR) is 91.2 cm³/mol. The Hall–Kier alpha value is -1.92. The van der Waals surface area contributed by atoms with Crippen LogP contribution in [0.2, 0.25) is 0 Å². The molecule has 6 nitrogen and oxygen atoms in total. The largest absolute Gasteiger partial charge is 0.346 e. The Labute approximate surface area is 142 Å². The van der Waals surface area contributed by atoms with Crippen LogP contribution in [0.3, 0.4) is 0 Å². The van der Waals surface area contributed by atoms with Gasteiger partial charge in [-0.05, 0) is 37.9 Å². The molecular formula is C16H22ClN5O. The number of aromatic nitrogens is 3. The van der Waals surface area contributed by atoms with E-state index in [1.807, 2.05) is 31.2 Å². The van der Waals surface area contributed by atoms with Gasteiger partial charge in [-0.25, -0.2) is 4.68 Å². The number of benzene rings is 1. The van der Waals surface area contributed by atoms with E-state index in [-0.39, 0.29) is 24.4 Å². The number of nitrogens with zero attached hydrogens (tertiary/aromatic N) is 3. The van der Waals surface area contributed by atoms with Crippen molar-refractivity contribution in [2.45, 2.75) is 26.3 Å². The molecule has 0 bridgehead atoms. The maximum absolute atomic E-state index is 12.3. The molecule has 2 unspecified atom stereocenters. The van der Waals surface area contributed by atoms with E-state index in [9.17, 15) is 4.79 Å². The summed E-state index contributed by atoms with van der Waals surface area (Å²) in [5.41, 5.74) is 2.42. The highest BCUT2D eigenvalue weighted by Crippen LogP contribution is 2.12. The number of aryl methyl sites for hydroxylation is 1. The third kappa shape index (κ3) is 4.09. The standard InChI is InChI=1S/C16H21N5O.ClH/c1-11-3-5-13(6-4-11)21-10-15(19-20-21)16(22)18-14-9-17-8-7-12(14)2;/h3-6,10,12,14,17H,7-9H2,1-2H3,(H,18,22);1H. The number of piperidine rings is 1. The van der Waals surface area contributed by atoms with Crippen molar-refractivity contribution < 1.29 is 4.79 Å². The van der Waals surface area contributed by atoms with Gasteiger partial charge < -0.3 is 10.6 Å². The van der Waals surface area contributed by atoms with Crippen molar-refractivity contribution in [1.82, 2.24) is 25.6 Å². The van der Waals surface area contributed by atoms with Crippen molar-refractivity contribution in [3.63, 3.8) is 0 Å². The van der Waals surface area contributed by atoms with Crippen molar-refractivity contribution in [3.8, 4) is 5.69 Å². The van der Waals surface area contributed by atoms with E-state index in [1.165, 1.54) is 5.56 Å².